The highest BCUT2D eigenvalue weighted by Crippen LogP contribution is 2.18. The van der Waals surface area contributed by atoms with Gasteiger partial charge in [-0.1, -0.05) is 23.7 Å². The number of aliphatic hydroxyl groups is 1. The minimum atomic E-state index is -3.71. The molecule has 7 heteroatoms. The summed E-state index contributed by atoms with van der Waals surface area (Å²) in [6.45, 7) is -0.145. The van der Waals surface area contributed by atoms with Gasteiger partial charge in [0.2, 0.25) is 0 Å². The fourth-order valence-corrected chi connectivity index (χ4v) is 2.72. The predicted molar refractivity (Wildman–Crippen MR) is 72.4 cm³/mol. The smallest absolute Gasteiger partial charge is 0.263 e. The molecule has 2 N–H and O–H groups in total. The van der Waals surface area contributed by atoms with Crippen molar-refractivity contribution in [1.29, 1.82) is 0 Å². The lowest BCUT2D eigenvalue weighted by molar-refractivity contribution is 0.281. The van der Waals surface area contributed by atoms with Crippen LogP contribution in [0.5, 0.6) is 0 Å². The van der Waals surface area contributed by atoms with E-state index in [0.717, 1.165) is 0 Å². The number of nitrogens with one attached hydrogen (secondary N) is 1. The lowest BCUT2D eigenvalue weighted by Gasteiger charge is -2.07. The molecule has 0 spiro atoms. The summed E-state index contributed by atoms with van der Waals surface area (Å²) in [5.74, 6) is 0.178. The van der Waals surface area contributed by atoms with Gasteiger partial charge in [-0.2, -0.15) is 0 Å². The Morgan fingerprint density at radius 2 is 2.05 bits per heavy atom. The van der Waals surface area contributed by atoms with Crippen molar-refractivity contribution in [2.45, 2.75) is 11.5 Å². The molecule has 0 aliphatic carbocycles. The fraction of sp³-hybridized carbons (Fsp3) is 0.0833. The number of rotatable bonds is 4. The SMILES string of the molecule is O=S(=O)(Nc1ccc(CO)cn1)c1cccc(Cl)c1. The van der Waals surface area contributed by atoms with Gasteiger partial charge < -0.3 is 5.11 Å². The van der Waals surface area contributed by atoms with E-state index in [9.17, 15) is 8.42 Å². The molecule has 0 aliphatic heterocycles. The summed E-state index contributed by atoms with van der Waals surface area (Å²) in [6.07, 6.45) is 1.40. The fourth-order valence-electron chi connectivity index (χ4n) is 1.41. The van der Waals surface area contributed by atoms with Crippen molar-refractivity contribution in [1.82, 2.24) is 4.98 Å². The van der Waals surface area contributed by atoms with Crippen molar-refractivity contribution >= 4 is 27.4 Å². The lowest BCUT2D eigenvalue weighted by atomic mass is 10.3. The molecule has 0 bridgehead atoms. The number of sulfonamides is 1. The molecule has 19 heavy (non-hydrogen) atoms. The maximum absolute atomic E-state index is 12.0. The summed E-state index contributed by atoms with van der Waals surface area (Å²) in [6, 6.07) is 9.01. The second kappa shape index (κ2) is 5.56. The van der Waals surface area contributed by atoms with Gasteiger partial charge in [-0.15, -0.1) is 0 Å². The summed E-state index contributed by atoms with van der Waals surface area (Å²) in [5, 5.41) is 9.22. The largest absolute Gasteiger partial charge is 0.392 e. The Hall–Kier alpha value is -1.63. The van der Waals surface area contributed by atoms with Crippen LogP contribution in [0.25, 0.3) is 0 Å². The number of anilines is 1. The van der Waals surface area contributed by atoms with Crippen LogP contribution in [0.2, 0.25) is 5.02 Å². The highest BCUT2D eigenvalue weighted by Gasteiger charge is 2.14. The van der Waals surface area contributed by atoms with E-state index >= 15 is 0 Å². The van der Waals surface area contributed by atoms with Crippen molar-refractivity contribution < 1.29 is 13.5 Å². The van der Waals surface area contributed by atoms with Crippen LogP contribution in [0.4, 0.5) is 5.82 Å². The summed E-state index contributed by atoms with van der Waals surface area (Å²) in [7, 11) is -3.71. The Labute approximate surface area is 115 Å². The first-order valence-electron chi connectivity index (χ1n) is 5.35. The quantitative estimate of drug-likeness (QED) is 0.905. The zero-order valence-corrected chi connectivity index (χ0v) is 11.3. The van der Waals surface area contributed by atoms with Gasteiger partial charge in [0.25, 0.3) is 10.0 Å². The van der Waals surface area contributed by atoms with Gasteiger partial charge in [0.1, 0.15) is 5.82 Å². The summed E-state index contributed by atoms with van der Waals surface area (Å²) in [5.41, 5.74) is 0.603. The van der Waals surface area contributed by atoms with Gasteiger partial charge in [-0.3, -0.25) is 4.72 Å². The summed E-state index contributed by atoms with van der Waals surface area (Å²) < 4.78 is 26.4. The topological polar surface area (TPSA) is 79.3 Å². The minimum Gasteiger partial charge on any atom is -0.392 e. The van der Waals surface area contributed by atoms with E-state index in [-0.39, 0.29) is 17.3 Å². The molecule has 0 radical (unpaired) electrons. The predicted octanol–water partition coefficient (Wildman–Crippen LogP) is 2.03. The number of halogens is 1. The van der Waals surface area contributed by atoms with Crippen molar-refractivity contribution in [3.8, 4) is 0 Å². The molecular weight excluding hydrogens is 288 g/mol. The molecule has 5 nitrogen and oxygen atoms in total. The Bertz CT molecular complexity index is 672. The van der Waals surface area contributed by atoms with Gasteiger partial charge >= 0.3 is 0 Å². The molecule has 100 valence electrons. The summed E-state index contributed by atoms with van der Waals surface area (Å²) in [4.78, 5) is 3.96. The molecule has 0 saturated heterocycles. The Morgan fingerprint density at radius 1 is 1.26 bits per heavy atom. The third-order valence-electron chi connectivity index (χ3n) is 2.35. The monoisotopic (exact) mass is 298 g/mol. The molecule has 2 aromatic rings. The molecule has 0 fully saturated rings. The third-order valence-corrected chi connectivity index (χ3v) is 3.94. The average Bonchev–Trinajstić information content (AvgIpc) is 2.39. The first-order valence-corrected chi connectivity index (χ1v) is 7.21. The molecule has 0 amide bonds. The number of hydrogen-bond donors (Lipinski definition) is 2. The lowest BCUT2D eigenvalue weighted by Crippen LogP contribution is -2.13. The highest BCUT2D eigenvalue weighted by molar-refractivity contribution is 7.92. The second-order valence-electron chi connectivity index (χ2n) is 3.77. The van der Waals surface area contributed by atoms with Crippen LogP contribution in [0.1, 0.15) is 5.56 Å². The number of nitrogens with zero attached hydrogens (tertiary/aromatic N) is 1. The number of aliphatic hydroxyl groups excluding tert-OH is 1. The average molecular weight is 299 g/mol. The molecule has 1 heterocycles. The van der Waals surface area contributed by atoms with E-state index in [0.29, 0.717) is 10.6 Å². The van der Waals surface area contributed by atoms with Gasteiger partial charge in [0.05, 0.1) is 11.5 Å². The van der Waals surface area contributed by atoms with Crippen LogP contribution >= 0.6 is 11.6 Å². The van der Waals surface area contributed by atoms with Crippen molar-refractivity contribution in [2.24, 2.45) is 0 Å². The van der Waals surface area contributed by atoms with E-state index < -0.39 is 10.0 Å². The van der Waals surface area contributed by atoms with Gasteiger partial charge in [0, 0.05) is 11.2 Å². The maximum Gasteiger partial charge on any atom is 0.263 e. The number of benzene rings is 1. The van der Waals surface area contributed by atoms with Crippen molar-refractivity contribution in [2.75, 3.05) is 4.72 Å². The van der Waals surface area contributed by atoms with Crippen LogP contribution < -0.4 is 4.72 Å². The Kier molecular flexibility index (Phi) is 4.04. The molecule has 0 saturated carbocycles. The molecule has 1 aromatic carbocycles. The van der Waals surface area contributed by atoms with E-state index in [2.05, 4.69) is 9.71 Å². The normalized spacial score (nSPS) is 11.3. The standard InChI is InChI=1S/C12H11ClN2O3S/c13-10-2-1-3-11(6-10)19(17,18)15-12-5-4-9(8-16)7-14-12/h1-7,16H,8H2,(H,14,15). The van der Waals surface area contributed by atoms with Gasteiger partial charge in [-0.25, -0.2) is 13.4 Å². The van der Waals surface area contributed by atoms with Crippen LogP contribution in [-0.4, -0.2) is 18.5 Å². The van der Waals surface area contributed by atoms with Crippen LogP contribution in [0.3, 0.4) is 0 Å². The van der Waals surface area contributed by atoms with Gasteiger partial charge in [0.15, 0.2) is 0 Å². The molecule has 0 atom stereocenters. The Balaban J connectivity index is 2.25. The number of aromatic nitrogens is 1. The first kappa shape index (κ1) is 13.8. The summed E-state index contributed by atoms with van der Waals surface area (Å²) >= 11 is 5.76. The minimum absolute atomic E-state index is 0.0630. The first-order chi connectivity index (χ1) is 9.01. The molecule has 0 aliphatic rings. The molecule has 0 unspecified atom stereocenters. The van der Waals surface area contributed by atoms with Gasteiger partial charge in [-0.05, 0) is 29.8 Å². The third kappa shape index (κ3) is 3.44. The van der Waals surface area contributed by atoms with E-state index in [1.807, 2.05) is 0 Å². The molecule has 1 aromatic heterocycles. The van der Waals surface area contributed by atoms with E-state index in [1.165, 1.54) is 24.4 Å². The van der Waals surface area contributed by atoms with Crippen LogP contribution in [-0.2, 0) is 16.6 Å². The van der Waals surface area contributed by atoms with E-state index in [4.69, 9.17) is 16.7 Å². The Morgan fingerprint density at radius 3 is 2.63 bits per heavy atom. The van der Waals surface area contributed by atoms with Crippen molar-refractivity contribution in [3.05, 3.63) is 53.2 Å². The number of pyridine rings is 1. The number of hydrogen-bond acceptors (Lipinski definition) is 4. The second-order valence-corrected chi connectivity index (χ2v) is 5.89. The highest BCUT2D eigenvalue weighted by atomic mass is 35.5. The van der Waals surface area contributed by atoms with Crippen LogP contribution in [0, 0.1) is 0 Å². The van der Waals surface area contributed by atoms with E-state index in [1.54, 1.807) is 18.2 Å². The zero-order valence-electron chi connectivity index (χ0n) is 9.75. The molecular formula is C12H11ClN2O3S. The zero-order chi connectivity index (χ0) is 13.9. The molecule has 2 rings (SSSR count). The van der Waals surface area contributed by atoms with Crippen molar-refractivity contribution in [3.63, 3.8) is 0 Å². The van der Waals surface area contributed by atoms with Crippen LogP contribution in [0.15, 0.2) is 47.5 Å². The maximum atomic E-state index is 12.0.